The van der Waals surface area contributed by atoms with Crippen LogP contribution in [0.4, 0.5) is 17.3 Å². The molecule has 0 unspecified atom stereocenters. The summed E-state index contributed by atoms with van der Waals surface area (Å²) < 4.78 is 43.3. The maximum atomic E-state index is 9.75. The van der Waals surface area contributed by atoms with Crippen molar-refractivity contribution in [3.8, 4) is 28.8 Å². The van der Waals surface area contributed by atoms with Crippen LogP contribution in [0.2, 0.25) is 0 Å². The summed E-state index contributed by atoms with van der Waals surface area (Å²) in [6.07, 6.45) is 4.13. The number of rotatable bonds is 3. The smallest absolute Gasteiger partial charge is 0.418 e. The average molecular weight is 409 g/mol. The second-order valence-corrected chi connectivity index (χ2v) is 6.22. The van der Waals surface area contributed by atoms with Crippen LogP contribution in [0.15, 0.2) is 97.3 Å². The van der Waals surface area contributed by atoms with Crippen molar-refractivity contribution in [1.29, 1.82) is 5.26 Å². The molecule has 3 aromatic carbocycles. The Morgan fingerprint density at radius 1 is 0.767 bits per heavy atom. The maximum Gasteiger partial charge on any atom is 0.673 e. The number of imidazole rings is 1. The molecule has 3 nitrogen and oxygen atoms in total. The molecule has 1 heterocycles. The monoisotopic (exact) mass is 409 g/mol. The zero-order chi connectivity index (χ0) is 21.6. The van der Waals surface area contributed by atoms with Gasteiger partial charge in [-0.25, -0.2) is 0 Å². The van der Waals surface area contributed by atoms with Gasteiger partial charge in [0.2, 0.25) is 0 Å². The van der Waals surface area contributed by atoms with Gasteiger partial charge >= 0.3 is 7.25 Å². The van der Waals surface area contributed by atoms with Gasteiger partial charge in [-0.15, -0.1) is 0 Å². The lowest BCUT2D eigenvalue weighted by Gasteiger charge is -2.05. The number of hydrogen-bond donors (Lipinski definition) is 0. The Hall–Kier alpha value is -3.86. The van der Waals surface area contributed by atoms with Crippen LogP contribution in [-0.2, 0) is 0 Å². The minimum absolute atomic E-state index is 0.660. The number of benzene rings is 3. The van der Waals surface area contributed by atoms with Crippen molar-refractivity contribution in [3.05, 3.63) is 103 Å². The van der Waals surface area contributed by atoms with Crippen LogP contribution in [0.25, 0.3) is 22.8 Å². The highest BCUT2D eigenvalue weighted by atomic mass is 19.5. The van der Waals surface area contributed by atoms with Crippen LogP contribution in [0.1, 0.15) is 5.56 Å². The van der Waals surface area contributed by atoms with E-state index in [0.29, 0.717) is 5.56 Å². The molecule has 0 aliphatic rings. The largest absolute Gasteiger partial charge is 0.673 e. The minimum atomic E-state index is -6.00. The molecular formula is C22H16BF4N3. The fourth-order valence-corrected chi connectivity index (χ4v) is 2.96. The second-order valence-electron chi connectivity index (χ2n) is 6.22. The average Bonchev–Trinajstić information content (AvgIpc) is 3.19. The summed E-state index contributed by atoms with van der Waals surface area (Å²) in [5.41, 5.74) is 3.90. The maximum absolute atomic E-state index is 9.75. The predicted octanol–water partition coefficient (Wildman–Crippen LogP) is 5.59. The number of para-hydroxylation sites is 2. The Bertz CT molecular complexity index is 1070. The van der Waals surface area contributed by atoms with Gasteiger partial charge in [0.25, 0.3) is 5.82 Å². The van der Waals surface area contributed by atoms with E-state index in [1.54, 1.807) is 0 Å². The molecule has 0 saturated carbocycles. The quantitative estimate of drug-likeness (QED) is 0.247. The summed E-state index contributed by atoms with van der Waals surface area (Å²) in [6.45, 7) is 0. The van der Waals surface area contributed by atoms with Crippen LogP contribution < -0.4 is 4.57 Å². The lowest BCUT2D eigenvalue weighted by Crippen LogP contribution is -2.31. The van der Waals surface area contributed by atoms with Crippen LogP contribution >= 0.6 is 0 Å². The molecule has 30 heavy (non-hydrogen) atoms. The molecule has 0 fully saturated rings. The molecule has 0 spiro atoms. The van der Waals surface area contributed by atoms with E-state index in [1.807, 2.05) is 60.7 Å². The van der Waals surface area contributed by atoms with Crippen LogP contribution in [0.3, 0.4) is 0 Å². The number of nitrogens with zero attached hydrogens (tertiary/aromatic N) is 3. The highest BCUT2D eigenvalue weighted by Crippen LogP contribution is 2.22. The minimum Gasteiger partial charge on any atom is -0.418 e. The van der Waals surface area contributed by atoms with Crippen LogP contribution in [-0.4, -0.2) is 11.8 Å². The second kappa shape index (κ2) is 9.10. The Morgan fingerprint density at radius 3 is 1.83 bits per heavy atom. The predicted molar refractivity (Wildman–Crippen MR) is 108 cm³/mol. The standard InChI is InChI=1S/C22H16N3.BF4/c23-17-18-11-13-19(14-12-18)22-24(20-7-3-1-4-8-20)15-16-25(22)21-9-5-2-6-10-21;2-1(3,4)5/h1-16H;/q+1;-1. The molecule has 8 heteroatoms. The summed E-state index contributed by atoms with van der Waals surface area (Å²) in [4.78, 5) is 0. The molecule has 0 N–H and O–H groups in total. The first kappa shape index (κ1) is 20.9. The SMILES string of the molecule is F[B-](F)(F)F.N#Cc1ccc(-c2n(-c3ccccc3)cc[n+]2-c2ccccc2)cc1. The van der Waals surface area contributed by atoms with E-state index < -0.39 is 7.25 Å². The molecule has 0 radical (unpaired) electrons. The summed E-state index contributed by atoms with van der Waals surface area (Å²) in [5, 5.41) is 9.06. The molecule has 0 aliphatic heterocycles. The van der Waals surface area contributed by atoms with Gasteiger partial charge < -0.3 is 17.3 Å². The van der Waals surface area contributed by atoms with Gasteiger partial charge in [0.05, 0.1) is 17.2 Å². The Morgan fingerprint density at radius 2 is 1.30 bits per heavy atom. The number of halogens is 4. The molecule has 0 saturated heterocycles. The fourth-order valence-electron chi connectivity index (χ4n) is 2.96. The third-order valence-corrected chi connectivity index (χ3v) is 4.16. The van der Waals surface area contributed by atoms with Crippen molar-refractivity contribution in [2.45, 2.75) is 0 Å². The summed E-state index contributed by atoms with van der Waals surface area (Å²) in [5.74, 6) is 1.04. The van der Waals surface area contributed by atoms with Gasteiger partial charge in [-0.3, -0.25) is 0 Å². The summed E-state index contributed by atoms with van der Waals surface area (Å²) in [7, 11) is -6.00. The van der Waals surface area contributed by atoms with E-state index >= 15 is 0 Å². The molecule has 150 valence electrons. The third kappa shape index (κ3) is 5.36. The van der Waals surface area contributed by atoms with Crippen molar-refractivity contribution >= 4 is 7.25 Å². The first-order chi connectivity index (χ1) is 14.4. The first-order valence-electron chi connectivity index (χ1n) is 8.98. The Kier molecular flexibility index (Phi) is 6.33. The molecule has 4 aromatic rings. The van der Waals surface area contributed by atoms with Gasteiger partial charge in [0.1, 0.15) is 23.8 Å². The zero-order valence-corrected chi connectivity index (χ0v) is 15.7. The molecule has 0 amide bonds. The third-order valence-electron chi connectivity index (χ3n) is 4.16. The van der Waals surface area contributed by atoms with Crippen LogP contribution in [0, 0.1) is 11.3 Å². The topological polar surface area (TPSA) is 32.6 Å². The van der Waals surface area contributed by atoms with Gasteiger partial charge in [-0.1, -0.05) is 36.4 Å². The normalized spacial score (nSPS) is 10.6. The summed E-state index contributed by atoms with van der Waals surface area (Å²) in [6, 6.07) is 30.4. The van der Waals surface area contributed by atoms with E-state index in [4.69, 9.17) is 5.26 Å². The van der Waals surface area contributed by atoms with Gasteiger partial charge in [0.15, 0.2) is 0 Å². The summed E-state index contributed by atoms with van der Waals surface area (Å²) >= 11 is 0. The van der Waals surface area contributed by atoms with E-state index in [9.17, 15) is 17.3 Å². The van der Waals surface area contributed by atoms with E-state index in [-0.39, 0.29) is 0 Å². The molecular weight excluding hydrogens is 393 g/mol. The van der Waals surface area contributed by atoms with Crippen molar-refractivity contribution in [2.24, 2.45) is 0 Å². The molecule has 0 bridgehead atoms. The van der Waals surface area contributed by atoms with Gasteiger partial charge in [-0.2, -0.15) is 14.4 Å². The number of hydrogen-bond acceptors (Lipinski definition) is 1. The van der Waals surface area contributed by atoms with E-state index in [2.05, 4.69) is 51.9 Å². The fraction of sp³-hybridized carbons (Fsp3) is 0. The van der Waals surface area contributed by atoms with Crippen molar-refractivity contribution in [3.63, 3.8) is 0 Å². The van der Waals surface area contributed by atoms with Crippen molar-refractivity contribution < 1.29 is 21.8 Å². The number of aromatic nitrogens is 2. The first-order valence-corrected chi connectivity index (χ1v) is 8.98. The highest BCUT2D eigenvalue weighted by Gasteiger charge is 2.22. The number of nitriles is 1. The van der Waals surface area contributed by atoms with E-state index in [0.717, 1.165) is 22.8 Å². The van der Waals surface area contributed by atoms with Gasteiger partial charge in [0, 0.05) is 0 Å². The van der Waals surface area contributed by atoms with Gasteiger partial charge in [-0.05, 0) is 48.5 Å². The Balaban J connectivity index is 0.000000461. The molecule has 0 aliphatic carbocycles. The molecule has 4 rings (SSSR count). The van der Waals surface area contributed by atoms with Crippen molar-refractivity contribution in [1.82, 2.24) is 4.57 Å². The van der Waals surface area contributed by atoms with Crippen molar-refractivity contribution in [2.75, 3.05) is 0 Å². The van der Waals surface area contributed by atoms with Crippen LogP contribution in [0.5, 0.6) is 0 Å². The lowest BCUT2D eigenvalue weighted by atomic mass is 10.1. The van der Waals surface area contributed by atoms with E-state index in [1.165, 1.54) is 0 Å². The Labute approximate surface area is 171 Å². The zero-order valence-electron chi connectivity index (χ0n) is 15.7. The molecule has 0 atom stereocenters. The molecule has 1 aromatic heterocycles. The highest BCUT2D eigenvalue weighted by molar-refractivity contribution is 6.50. The lowest BCUT2D eigenvalue weighted by molar-refractivity contribution is -0.582.